The van der Waals surface area contributed by atoms with E-state index in [1.54, 1.807) is 13.8 Å². The van der Waals surface area contributed by atoms with Gasteiger partial charge in [0.1, 0.15) is 12.2 Å². The largest absolute Gasteiger partial charge is 0.481 e. The second kappa shape index (κ2) is 24.0. The van der Waals surface area contributed by atoms with Crippen LogP contribution in [0.2, 0.25) is 0 Å². The zero-order valence-corrected chi connectivity index (χ0v) is 30.3. The zero-order chi connectivity index (χ0) is 36.7. The lowest BCUT2D eigenvalue weighted by Gasteiger charge is -2.20. The van der Waals surface area contributed by atoms with Crippen molar-refractivity contribution in [3.05, 3.63) is 84.0 Å². The van der Waals surface area contributed by atoms with E-state index in [0.29, 0.717) is 24.0 Å². The summed E-state index contributed by atoms with van der Waals surface area (Å²) in [5.41, 5.74) is 4.64. The Bertz CT molecular complexity index is 1250. The molecular formula is C42H58O8. The Morgan fingerprint density at radius 3 is 1.06 bits per heavy atom. The van der Waals surface area contributed by atoms with E-state index >= 15 is 0 Å². The number of carbonyl (C=O) groups is 4. The summed E-state index contributed by atoms with van der Waals surface area (Å²) in [5.74, 6) is -2.28. The molecule has 2 N–H and O–H groups in total. The molecule has 0 saturated heterocycles. The molecule has 2 rings (SSSR count). The highest BCUT2D eigenvalue weighted by atomic mass is 16.5. The molecule has 2 aromatic carbocycles. The van der Waals surface area contributed by atoms with Crippen molar-refractivity contribution in [2.24, 2.45) is 0 Å². The van der Waals surface area contributed by atoms with Gasteiger partial charge in [-0.2, -0.15) is 0 Å². The molecule has 274 valence electrons. The minimum Gasteiger partial charge on any atom is -0.481 e. The Kier molecular flexibility index (Phi) is 20.2. The summed E-state index contributed by atoms with van der Waals surface area (Å²) in [6.07, 6.45) is 14.7. The Balaban J connectivity index is 1.98. The molecule has 0 aliphatic heterocycles. The van der Waals surface area contributed by atoms with Gasteiger partial charge in [-0.15, -0.1) is 0 Å². The van der Waals surface area contributed by atoms with E-state index in [2.05, 4.69) is 13.2 Å². The van der Waals surface area contributed by atoms with Crippen molar-refractivity contribution in [2.75, 3.05) is 0 Å². The van der Waals surface area contributed by atoms with Gasteiger partial charge >= 0.3 is 23.9 Å². The highest BCUT2D eigenvalue weighted by Gasteiger charge is 2.19. The van der Waals surface area contributed by atoms with Crippen molar-refractivity contribution in [2.45, 2.75) is 142 Å². The van der Waals surface area contributed by atoms with Crippen LogP contribution in [0, 0.1) is 0 Å². The maximum Gasteiger partial charge on any atom is 0.333 e. The van der Waals surface area contributed by atoms with Gasteiger partial charge in [0.15, 0.2) is 0 Å². The molecule has 2 unspecified atom stereocenters. The third-order valence-corrected chi connectivity index (χ3v) is 8.81. The molecular weight excluding hydrogens is 632 g/mol. The number of unbranched alkanes of at least 4 members (excludes halogenated alkanes) is 12. The molecule has 2 aromatic rings. The first-order valence-corrected chi connectivity index (χ1v) is 18.3. The minimum absolute atomic E-state index is 0.232. The van der Waals surface area contributed by atoms with Crippen LogP contribution in [0.3, 0.4) is 0 Å². The number of rotatable bonds is 27. The van der Waals surface area contributed by atoms with Gasteiger partial charge in [-0.25, -0.2) is 9.59 Å². The van der Waals surface area contributed by atoms with Crippen molar-refractivity contribution in [1.82, 2.24) is 0 Å². The third kappa shape index (κ3) is 17.5. The van der Waals surface area contributed by atoms with Crippen LogP contribution < -0.4 is 0 Å². The van der Waals surface area contributed by atoms with Crippen LogP contribution in [0.5, 0.6) is 0 Å². The van der Waals surface area contributed by atoms with Crippen LogP contribution in [0.4, 0.5) is 0 Å². The smallest absolute Gasteiger partial charge is 0.333 e. The Hall–Kier alpha value is -4.20. The molecule has 0 saturated carbocycles. The first-order valence-electron chi connectivity index (χ1n) is 18.3. The summed E-state index contributed by atoms with van der Waals surface area (Å²) >= 11 is 0. The van der Waals surface area contributed by atoms with Gasteiger partial charge in [0.25, 0.3) is 0 Å². The maximum atomic E-state index is 12.4. The van der Waals surface area contributed by atoms with E-state index in [1.807, 2.05) is 48.5 Å². The van der Waals surface area contributed by atoms with Crippen molar-refractivity contribution < 1.29 is 38.9 Å². The summed E-state index contributed by atoms with van der Waals surface area (Å²) < 4.78 is 11.7. The molecule has 0 fully saturated rings. The number of carboxylic acid groups (broad SMARTS) is 2. The normalized spacial score (nSPS) is 12.1. The fourth-order valence-electron chi connectivity index (χ4n) is 5.81. The fourth-order valence-corrected chi connectivity index (χ4v) is 5.81. The van der Waals surface area contributed by atoms with Crippen LogP contribution in [-0.4, -0.2) is 34.1 Å². The zero-order valence-electron chi connectivity index (χ0n) is 30.3. The predicted octanol–water partition coefficient (Wildman–Crippen LogP) is 10.9. The SMILES string of the molecule is C=C(C)C(=O)OC(CCCCCCCCCC(=O)O)c1ccc(-c2ccc(C(CCCCCCCCCC(=O)O)OC(=O)C(=C)C)cc2)cc1. The molecule has 0 amide bonds. The van der Waals surface area contributed by atoms with Crippen LogP contribution in [0.25, 0.3) is 11.1 Å². The number of carboxylic acids is 2. The van der Waals surface area contributed by atoms with Crippen LogP contribution >= 0.6 is 0 Å². The van der Waals surface area contributed by atoms with Crippen LogP contribution in [-0.2, 0) is 28.7 Å². The molecule has 0 radical (unpaired) electrons. The van der Waals surface area contributed by atoms with Gasteiger partial charge in [-0.05, 0) is 74.6 Å². The monoisotopic (exact) mass is 690 g/mol. The quantitative estimate of drug-likeness (QED) is 0.0538. The van der Waals surface area contributed by atoms with E-state index < -0.39 is 23.9 Å². The minimum atomic E-state index is -0.739. The van der Waals surface area contributed by atoms with Gasteiger partial charge in [-0.3, -0.25) is 9.59 Å². The molecule has 0 spiro atoms. The third-order valence-electron chi connectivity index (χ3n) is 8.81. The standard InChI is InChI=1S/C42H58O8/c1-31(2)41(47)49-37(19-15-11-7-5-9-13-17-21-39(43)44)35-27-23-33(24-28-35)34-25-29-36(30-26-34)38(50-42(48)32(3)4)20-16-12-8-6-10-14-18-22-40(45)46/h23-30,37-38H,1,3,5-22H2,2,4H3,(H,43,44)(H,45,46). The summed E-state index contributed by atoms with van der Waals surface area (Å²) in [5, 5.41) is 17.5. The summed E-state index contributed by atoms with van der Waals surface area (Å²) in [4.78, 5) is 46.2. The van der Waals surface area contributed by atoms with Crippen molar-refractivity contribution in [3.63, 3.8) is 0 Å². The van der Waals surface area contributed by atoms with Crippen LogP contribution in [0.1, 0.15) is 153 Å². The van der Waals surface area contributed by atoms with Gasteiger partial charge in [-0.1, -0.05) is 126 Å². The van der Waals surface area contributed by atoms with Gasteiger partial charge in [0.05, 0.1) is 0 Å². The number of benzene rings is 2. The van der Waals surface area contributed by atoms with Crippen molar-refractivity contribution >= 4 is 23.9 Å². The molecule has 0 aliphatic rings. The Labute approximate surface area is 299 Å². The van der Waals surface area contributed by atoms with Gasteiger partial charge in [0, 0.05) is 24.0 Å². The first-order chi connectivity index (χ1) is 24.0. The fraction of sp³-hybridized carbons (Fsp3) is 0.524. The number of esters is 2. The van der Waals surface area contributed by atoms with Gasteiger partial charge in [0.2, 0.25) is 0 Å². The Morgan fingerprint density at radius 2 is 0.780 bits per heavy atom. The van der Waals surface area contributed by atoms with Crippen molar-refractivity contribution in [3.8, 4) is 11.1 Å². The highest BCUT2D eigenvalue weighted by Crippen LogP contribution is 2.31. The molecule has 2 atom stereocenters. The first kappa shape index (κ1) is 42.0. The molecule has 0 bridgehead atoms. The second-order valence-electron chi connectivity index (χ2n) is 13.4. The lowest BCUT2D eigenvalue weighted by Crippen LogP contribution is -2.12. The average molecular weight is 691 g/mol. The summed E-state index contributed by atoms with van der Waals surface area (Å²) in [6.45, 7) is 10.8. The number of hydrogen-bond donors (Lipinski definition) is 2. The molecule has 0 aromatic heterocycles. The number of aliphatic carboxylic acids is 2. The lowest BCUT2D eigenvalue weighted by molar-refractivity contribution is -0.145. The number of carbonyl (C=O) groups excluding carboxylic acids is 2. The molecule has 0 aliphatic carbocycles. The number of hydrogen-bond acceptors (Lipinski definition) is 6. The lowest BCUT2D eigenvalue weighted by atomic mass is 9.96. The summed E-state index contributed by atoms with van der Waals surface area (Å²) in [6, 6.07) is 16.1. The number of ether oxygens (including phenoxy) is 2. The molecule has 8 nitrogen and oxygen atoms in total. The topological polar surface area (TPSA) is 127 Å². The maximum absolute atomic E-state index is 12.4. The molecule has 0 heterocycles. The molecule has 8 heteroatoms. The van der Waals surface area contributed by atoms with E-state index in [4.69, 9.17) is 19.7 Å². The van der Waals surface area contributed by atoms with E-state index in [0.717, 1.165) is 112 Å². The highest BCUT2D eigenvalue weighted by molar-refractivity contribution is 5.87. The van der Waals surface area contributed by atoms with E-state index in [-0.39, 0.29) is 25.0 Å². The van der Waals surface area contributed by atoms with Gasteiger partial charge < -0.3 is 19.7 Å². The van der Waals surface area contributed by atoms with Crippen LogP contribution in [0.15, 0.2) is 72.8 Å². The summed E-state index contributed by atoms with van der Waals surface area (Å²) in [7, 11) is 0. The second-order valence-corrected chi connectivity index (χ2v) is 13.4. The Morgan fingerprint density at radius 1 is 0.500 bits per heavy atom. The van der Waals surface area contributed by atoms with E-state index in [9.17, 15) is 19.2 Å². The van der Waals surface area contributed by atoms with E-state index in [1.165, 1.54) is 0 Å². The average Bonchev–Trinajstić information content (AvgIpc) is 3.08. The van der Waals surface area contributed by atoms with Crippen molar-refractivity contribution in [1.29, 1.82) is 0 Å². The molecule has 50 heavy (non-hydrogen) atoms. The predicted molar refractivity (Wildman–Crippen MR) is 198 cm³/mol.